The molecule has 1 aliphatic rings. The van der Waals surface area contributed by atoms with Crippen molar-refractivity contribution in [3.05, 3.63) is 41.9 Å². The van der Waals surface area contributed by atoms with Crippen molar-refractivity contribution in [2.75, 3.05) is 20.2 Å². The Morgan fingerprint density at radius 3 is 3.00 bits per heavy atom. The highest BCUT2D eigenvalue weighted by Gasteiger charge is 2.26. The minimum Gasteiger partial charge on any atom is -0.493 e. The highest BCUT2D eigenvalue weighted by molar-refractivity contribution is 5.70. The van der Waals surface area contributed by atoms with E-state index in [9.17, 15) is 4.79 Å². The van der Waals surface area contributed by atoms with E-state index < -0.39 is 6.09 Å². The molecule has 1 aromatic heterocycles. The Hall–Kier alpha value is -2.63. The molecule has 0 saturated carbocycles. The van der Waals surface area contributed by atoms with Crippen molar-refractivity contribution in [3.63, 3.8) is 0 Å². The van der Waals surface area contributed by atoms with Crippen molar-refractivity contribution in [3.8, 4) is 17.0 Å². The first-order valence-electron chi connectivity index (χ1n) is 7.56. The van der Waals surface area contributed by atoms with Crippen molar-refractivity contribution in [2.24, 2.45) is 0 Å². The number of rotatable bonds is 3. The average molecular weight is 313 g/mol. The van der Waals surface area contributed by atoms with Crippen molar-refractivity contribution in [1.82, 2.24) is 14.9 Å². The maximum atomic E-state index is 11.1. The van der Waals surface area contributed by atoms with Crippen molar-refractivity contribution >= 4 is 6.09 Å². The number of amides is 1. The van der Waals surface area contributed by atoms with E-state index in [0.717, 1.165) is 29.0 Å². The lowest BCUT2D eigenvalue weighted by Gasteiger charge is -2.29. The Morgan fingerprint density at radius 2 is 2.26 bits per heavy atom. The fraction of sp³-hybridized carbons (Fsp3) is 0.353. The second kappa shape index (κ2) is 6.24. The molecule has 23 heavy (non-hydrogen) atoms. The number of ether oxygens (including phenoxy) is 1. The summed E-state index contributed by atoms with van der Waals surface area (Å²) in [7, 11) is 1.59. The summed E-state index contributed by atoms with van der Waals surface area (Å²) in [6.07, 6.45) is 1.62. The number of hydrogen-bond donors (Lipinski definition) is 1. The highest BCUT2D eigenvalue weighted by atomic mass is 16.5. The van der Waals surface area contributed by atoms with E-state index in [1.54, 1.807) is 13.2 Å². The normalized spacial score (nSPS) is 16.3. The van der Waals surface area contributed by atoms with Gasteiger partial charge in [0, 0.05) is 31.3 Å². The molecule has 2 heterocycles. The monoisotopic (exact) mass is 313 g/mol. The summed E-state index contributed by atoms with van der Waals surface area (Å²) in [4.78, 5) is 21.0. The smallest absolute Gasteiger partial charge is 0.407 e. The number of aromatic nitrogens is 2. The summed E-state index contributed by atoms with van der Waals surface area (Å²) >= 11 is 0. The number of nitrogens with zero attached hydrogens (tertiary/aromatic N) is 3. The number of fused-ring (bicyclic) bond motifs is 1. The number of likely N-dealkylation sites (N-methyl/N-ethyl adjacent to an activating group) is 1. The third-order valence-electron chi connectivity index (χ3n) is 4.07. The van der Waals surface area contributed by atoms with E-state index in [4.69, 9.17) is 9.84 Å². The van der Waals surface area contributed by atoms with Crippen LogP contribution in [0.5, 0.6) is 5.75 Å². The zero-order valence-corrected chi connectivity index (χ0v) is 13.2. The zero-order valence-electron chi connectivity index (χ0n) is 13.2. The summed E-state index contributed by atoms with van der Waals surface area (Å²) < 4.78 is 5.89. The third kappa shape index (κ3) is 3.11. The van der Waals surface area contributed by atoms with Crippen LogP contribution in [-0.2, 0) is 0 Å². The van der Waals surface area contributed by atoms with Gasteiger partial charge in [-0.15, -0.1) is 0 Å². The lowest BCUT2D eigenvalue weighted by Crippen LogP contribution is -2.31. The summed E-state index contributed by atoms with van der Waals surface area (Å²) in [5.74, 6) is 1.64. The largest absolute Gasteiger partial charge is 0.493 e. The molecule has 120 valence electrons. The second-order valence-corrected chi connectivity index (χ2v) is 5.71. The zero-order chi connectivity index (χ0) is 16.4. The number of aryl methyl sites for hydroxylation is 1. The Morgan fingerprint density at radius 1 is 1.43 bits per heavy atom. The average Bonchev–Trinajstić information content (AvgIpc) is 2.54. The molecule has 1 aromatic carbocycles. The van der Waals surface area contributed by atoms with Gasteiger partial charge in [-0.3, -0.25) is 0 Å². The van der Waals surface area contributed by atoms with Crippen LogP contribution in [0.4, 0.5) is 4.79 Å². The van der Waals surface area contributed by atoms with Gasteiger partial charge in [0.15, 0.2) is 0 Å². The van der Waals surface area contributed by atoms with Gasteiger partial charge in [0.2, 0.25) is 0 Å². The van der Waals surface area contributed by atoms with Crippen LogP contribution in [0.3, 0.4) is 0 Å². The molecule has 6 heteroatoms. The molecule has 0 aliphatic carbocycles. The molecule has 0 fully saturated rings. The molecule has 1 aliphatic heterocycles. The van der Waals surface area contributed by atoms with Crippen LogP contribution in [0, 0.1) is 6.92 Å². The molecule has 1 atom stereocenters. The van der Waals surface area contributed by atoms with E-state index in [1.807, 2.05) is 31.2 Å². The van der Waals surface area contributed by atoms with Crippen LogP contribution in [0.1, 0.15) is 23.7 Å². The van der Waals surface area contributed by atoms with Crippen LogP contribution < -0.4 is 4.74 Å². The fourth-order valence-corrected chi connectivity index (χ4v) is 2.90. The number of benzene rings is 1. The Labute approximate surface area is 134 Å². The lowest BCUT2D eigenvalue weighted by molar-refractivity contribution is 0.149. The molecule has 1 unspecified atom stereocenters. The molecule has 1 N–H and O–H groups in total. The summed E-state index contributed by atoms with van der Waals surface area (Å²) in [6.45, 7) is 2.88. The third-order valence-corrected chi connectivity index (χ3v) is 4.07. The summed E-state index contributed by atoms with van der Waals surface area (Å²) in [5, 5.41) is 9.10. The quantitative estimate of drug-likeness (QED) is 0.943. The van der Waals surface area contributed by atoms with E-state index in [1.165, 1.54) is 4.90 Å². The highest BCUT2D eigenvalue weighted by Crippen LogP contribution is 2.40. The Bertz CT molecular complexity index is 733. The number of para-hydroxylation sites is 1. The molecule has 0 bridgehead atoms. The Kier molecular flexibility index (Phi) is 4.14. The van der Waals surface area contributed by atoms with Gasteiger partial charge in [-0.1, -0.05) is 12.1 Å². The molecule has 0 spiro atoms. The second-order valence-electron chi connectivity index (χ2n) is 5.71. The minimum atomic E-state index is -0.916. The topological polar surface area (TPSA) is 75.5 Å². The Balaban J connectivity index is 1.99. The van der Waals surface area contributed by atoms with Gasteiger partial charge in [0.05, 0.1) is 12.3 Å². The van der Waals surface area contributed by atoms with Crippen LogP contribution in [0.15, 0.2) is 30.5 Å². The molecular weight excluding hydrogens is 294 g/mol. The molecule has 0 radical (unpaired) electrons. The molecular formula is C17H19N3O3. The maximum Gasteiger partial charge on any atom is 0.407 e. The number of hydrogen-bond acceptors (Lipinski definition) is 4. The van der Waals surface area contributed by atoms with Gasteiger partial charge in [0.1, 0.15) is 11.6 Å². The fourth-order valence-electron chi connectivity index (χ4n) is 2.90. The molecule has 6 nitrogen and oxygen atoms in total. The summed E-state index contributed by atoms with van der Waals surface area (Å²) in [6, 6.07) is 7.81. The van der Waals surface area contributed by atoms with Gasteiger partial charge >= 0.3 is 6.09 Å². The molecule has 2 aromatic rings. The maximum absolute atomic E-state index is 11.1. The first-order valence-corrected chi connectivity index (χ1v) is 7.56. The van der Waals surface area contributed by atoms with Crippen LogP contribution >= 0.6 is 0 Å². The van der Waals surface area contributed by atoms with Crippen molar-refractivity contribution in [1.29, 1.82) is 0 Å². The van der Waals surface area contributed by atoms with Crippen LogP contribution in [0.2, 0.25) is 0 Å². The van der Waals surface area contributed by atoms with Gasteiger partial charge in [-0.05, 0) is 31.0 Å². The van der Waals surface area contributed by atoms with Crippen molar-refractivity contribution < 1.29 is 14.6 Å². The van der Waals surface area contributed by atoms with E-state index in [-0.39, 0.29) is 5.92 Å². The SMILES string of the molecule is Cc1nccc(-c2cccc3c2OCCC3CN(C)C(=O)O)n1. The predicted molar refractivity (Wildman–Crippen MR) is 85.7 cm³/mol. The van der Waals surface area contributed by atoms with Gasteiger partial charge in [0.25, 0.3) is 0 Å². The van der Waals surface area contributed by atoms with Gasteiger partial charge in [-0.25, -0.2) is 14.8 Å². The van der Waals surface area contributed by atoms with E-state index in [2.05, 4.69) is 9.97 Å². The lowest BCUT2D eigenvalue weighted by atomic mass is 9.90. The van der Waals surface area contributed by atoms with E-state index >= 15 is 0 Å². The standard InChI is InChI=1S/C17H19N3O3/c1-11-18-8-6-15(19-11)14-5-3-4-13-12(7-9-23-16(13)14)10-20(2)17(21)22/h3-6,8,12H,7,9-10H2,1-2H3,(H,21,22). The molecule has 0 saturated heterocycles. The summed E-state index contributed by atoms with van der Waals surface area (Å²) in [5.41, 5.74) is 2.79. The number of carboxylic acid groups (broad SMARTS) is 1. The van der Waals surface area contributed by atoms with Crippen LogP contribution in [0.25, 0.3) is 11.3 Å². The van der Waals surface area contributed by atoms with Gasteiger partial charge < -0.3 is 14.7 Å². The predicted octanol–water partition coefficient (Wildman–Crippen LogP) is 2.93. The first kappa shape index (κ1) is 15.3. The molecule has 3 rings (SSSR count). The molecule has 1 amide bonds. The first-order chi connectivity index (χ1) is 11.1. The number of carbonyl (C=O) groups is 1. The van der Waals surface area contributed by atoms with Crippen molar-refractivity contribution in [2.45, 2.75) is 19.3 Å². The van der Waals surface area contributed by atoms with Gasteiger partial charge in [-0.2, -0.15) is 0 Å². The van der Waals surface area contributed by atoms with E-state index in [0.29, 0.717) is 19.0 Å². The van der Waals surface area contributed by atoms with Crippen LogP contribution in [-0.4, -0.2) is 46.3 Å². The minimum absolute atomic E-state index is 0.128.